The minimum atomic E-state index is 0.686. The summed E-state index contributed by atoms with van der Waals surface area (Å²) in [6.07, 6.45) is 4.33. The van der Waals surface area contributed by atoms with Crippen molar-refractivity contribution in [1.82, 2.24) is 0 Å². The predicted molar refractivity (Wildman–Crippen MR) is 56.8 cm³/mol. The van der Waals surface area contributed by atoms with E-state index in [1.807, 2.05) is 12.1 Å². The second-order valence-corrected chi connectivity index (χ2v) is 3.24. The van der Waals surface area contributed by atoms with Crippen molar-refractivity contribution in [1.29, 1.82) is 0 Å². The van der Waals surface area contributed by atoms with Gasteiger partial charge < -0.3 is 4.74 Å². The molecule has 14 heavy (non-hydrogen) atoms. The van der Waals surface area contributed by atoms with Gasteiger partial charge in [-0.15, -0.1) is 0 Å². The van der Waals surface area contributed by atoms with Crippen LogP contribution >= 0.6 is 0 Å². The monoisotopic (exact) mass is 192 g/mol. The molecule has 0 aliphatic heterocycles. The quantitative estimate of drug-likeness (QED) is 0.511. The Morgan fingerprint density at radius 1 is 1.21 bits per heavy atom. The van der Waals surface area contributed by atoms with Crippen LogP contribution in [0.2, 0.25) is 0 Å². The van der Waals surface area contributed by atoms with Gasteiger partial charge in [0.1, 0.15) is 12.0 Å². The number of rotatable bonds is 6. The Kier molecular flexibility index (Phi) is 4.76. The fourth-order valence-corrected chi connectivity index (χ4v) is 1.18. The van der Waals surface area contributed by atoms with Crippen LogP contribution in [-0.4, -0.2) is 12.9 Å². The van der Waals surface area contributed by atoms with Crippen molar-refractivity contribution in [2.24, 2.45) is 0 Å². The number of carbonyl (C=O) groups excluding carboxylic acids is 1. The average molecular weight is 192 g/mol. The highest BCUT2D eigenvalue weighted by atomic mass is 16.5. The van der Waals surface area contributed by atoms with E-state index in [0.717, 1.165) is 25.1 Å². The molecule has 0 bridgehead atoms. The van der Waals surface area contributed by atoms with Gasteiger partial charge in [-0.1, -0.05) is 19.8 Å². The summed E-state index contributed by atoms with van der Waals surface area (Å²) in [6, 6.07) is 7.19. The summed E-state index contributed by atoms with van der Waals surface area (Å²) < 4.78 is 5.49. The molecule has 0 aliphatic rings. The molecule has 0 amide bonds. The van der Waals surface area contributed by atoms with Gasteiger partial charge in [0, 0.05) is 5.56 Å². The lowest BCUT2D eigenvalue weighted by Gasteiger charge is -2.04. The first kappa shape index (κ1) is 10.8. The lowest BCUT2D eigenvalue weighted by Crippen LogP contribution is -1.96. The molecular weight excluding hydrogens is 176 g/mol. The first-order valence-corrected chi connectivity index (χ1v) is 5.05. The lowest BCUT2D eigenvalue weighted by molar-refractivity contribution is 0.112. The Labute approximate surface area is 84.9 Å². The molecule has 0 N–H and O–H groups in total. The van der Waals surface area contributed by atoms with Crippen molar-refractivity contribution in [3.05, 3.63) is 29.8 Å². The van der Waals surface area contributed by atoms with E-state index >= 15 is 0 Å². The van der Waals surface area contributed by atoms with Crippen LogP contribution in [0.1, 0.15) is 36.5 Å². The second-order valence-electron chi connectivity index (χ2n) is 3.24. The summed E-state index contributed by atoms with van der Waals surface area (Å²) in [5, 5.41) is 0. The van der Waals surface area contributed by atoms with Crippen molar-refractivity contribution < 1.29 is 9.53 Å². The second kappa shape index (κ2) is 6.19. The van der Waals surface area contributed by atoms with Gasteiger partial charge in [-0.05, 0) is 30.7 Å². The van der Waals surface area contributed by atoms with E-state index in [0.29, 0.717) is 5.56 Å². The molecule has 0 fully saturated rings. The Bertz CT molecular complexity index is 264. The third-order valence-electron chi connectivity index (χ3n) is 2.03. The summed E-state index contributed by atoms with van der Waals surface area (Å²) in [5.74, 6) is 0.840. The van der Waals surface area contributed by atoms with Gasteiger partial charge in [0.2, 0.25) is 0 Å². The summed E-state index contributed by atoms with van der Waals surface area (Å²) in [4.78, 5) is 10.4. The molecule has 1 aromatic carbocycles. The molecule has 76 valence electrons. The maximum absolute atomic E-state index is 10.4. The van der Waals surface area contributed by atoms with E-state index < -0.39 is 0 Å². The summed E-state index contributed by atoms with van der Waals surface area (Å²) >= 11 is 0. The number of hydrogen-bond donors (Lipinski definition) is 0. The molecule has 0 radical (unpaired) electrons. The number of aldehydes is 1. The van der Waals surface area contributed by atoms with Crippen molar-refractivity contribution >= 4 is 6.29 Å². The number of ether oxygens (including phenoxy) is 1. The average Bonchev–Trinajstić information content (AvgIpc) is 2.25. The van der Waals surface area contributed by atoms with Crippen molar-refractivity contribution in [3.8, 4) is 5.75 Å². The normalized spacial score (nSPS) is 9.79. The molecule has 0 saturated heterocycles. The molecule has 0 saturated carbocycles. The Morgan fingerprint density at radius 2 is 1.93 bits per heavy atom. The SMILES string of the molecule is CCCCCOc1ccc(C=O)cc1. The zero-order valence-electron chi connectivity index (χ0n) is 8.53. The molecule has 0 unspecified atom stereocenters. The molecule has 1 aromatic rings. The van der Waals surface area contributed by atoms with Crippen LogP contribution in [0.3, 0.4) is 0 Å². The highest BCUT2D eigenvalue weighted by molar-refractivity contribution is 5.74. The van der Waals surface area contributed by atoms with E-state index in [1.165, 1.54) is 12.8 Å². The molecule has 2 heteroatoms. The van der Waals surface area contributed by atoms with Crippen LogP contribution in [0.25, 0.3) is 0 Å². The zero-order valence-corrected chi connectivity index (χ0v) is 8.53. The van der Waals surface area contributed by atoms with E-state index in [-0.39, 0.29) is 0 Å². The Balaban J connectivity index is 2.32. The van der Waals surface area contributed by atoms with Gasteiger partial charge in [-0.3, -0.25) is 4.79 Å². The third-order valence-corrected chi connectivity index (χ3v) is 2.03. The first-order chi connectivity index (χ1) is 6.86. The van der Waals surface area contributed by atoms with Crippen LogP contribution < -0.4 is 4.74 Å². The number of hydrogen-bond acceptors (Lipinski definition) is 2. The summed E-state index contributed by atoms with van der Waals surface area (Å²) in [6.45, 7) is 2.92. The van der Waals surface area contributed by atoms with Crippen LogP contribution in [0, 0.1) is 0 Å². The maximum Gasteiger partial charge on any atom is 0.150 e. The highest BCUT2D eigenvalue weighted by Gasteiger charge is 1.93. The lowest BCUT2D eigenvalue weighted by atomic mass is 10.2. The fraction of sp³-hybridized carbons (Fsp3) is 0.417. The summed E-state index contributed by atoms with van der Waals surface area (Å²) in [7, 11) is 0. The number of benzene rings is 1. The molecule has 0 atom stereocenters. The number of unbranched alkanes of at least 4 members (excludes halogenated alkanes) is 2. The topological polar surface area (TPSA) is 26.3 Å². The number of carbonyl (C=O) groups is 1. The van der Waals surface area contributed by atoms with E-state index in [4.69, 9.17) is 4.74 Å². The minimum absolute atomic E-state index is 0.686. The molecule has 0 heterocycles. The largest absolute Gasteiger partial charge is 0.494 e. The molecule has 0 spiro atoms. The third kappa shape index (κ3) is 3.60. The maximum atomic E-state index is 10.4. The Hall–Kier alpha value is -1.31. The van der Waals surface area contributed by atoms with Gasteiger partial charge >= 0.3 is 0 Å². The van der Waals surface area contributed by atoms with Crippen LogP contribution in [0.15, 0.2) is 24.3 Å². The van der Waals surface area contributed by atoms with Crippen LogP contribution in [0.4, 0.5) is 0 Å². The smallest absolute Gasteiger partial charge is 0.150 e. The van der Waals surface area contributed by atoms with Gasteiger partial charge in [-0.2, -0.15) is 0 Å². The molecule has 1 rings (SSSR count). The summed E-state index contributed by atoms with van der Waals surface area (Å²) in [5.41, 5.74) is 0.686. The predicted octanol–water partition coefficient (Wildman–Crippen LogP) is 3.07. The van der Waals surface area contributed by atoms with Gasteiger partial charge in [0.25, 0.3) is 0 Å². The van der Waals surface area contributed by atoms with Crippen molar-refractivity contribution in [2.75, 3.05) is 6.61 Å². The Morgan fingerprint density at radius 3 is 2.50 bits per heavy atom. The van der Waals surface area contributed by atoms with Crippen molar-refractivity contribution in [2.45, 2.75) is 26.2 Å². The first-order valence-electron chi connectivity index (χ1n) is 5.05. The van der Waals surface area contributed by atoms with Crippen LogP contribution in [-0.2, 0) is 0 Å². The highest BCUT2D eigenvalue weighted by Crippen LogP contribution is 2.11. The van der Waals surface area contributed by atoms with Crippen LogP contribution in [0.5, 0.6) is 5.75 Å². The standard InChI is InChI=1S/C12H16O2/c1-2-3-4-9-14-12-7-5-11(10-13)6-8-12/h5-8,10H,2-4,9H2,1H3. The van der Waals surface area contributed by atoms with Crippen molar-refractivity contribution in [3.63, 3.8) is 0 Å². The molecule has 0 aromatic heterocycles. The van der Waals surface area contributed by atoms with E-state index in [9.17, 15) is 4.79 Å². The molecular formula is C12H16O2. The molecule has 0 aliphatic carbocycles. The van der Waals surface area contributed by atoms with Gasteiger partial charge in [-0.25, -0.2) is 0 Å². The zero-order chi connectivity index (χ0) is 10.2. The fourth-order valence-electron chi connectivity index (χ4n) is 1.18. The minimum Gasteiger partial charge on any atom is -0.494 e. The van der Waals surface area contributed by atoms with E-state index in [2.05, 4.69) is 6.92 Å². The van der Waals surface area contributed by atoms with Gasteiger partial charge in [0.05, 0.1) is 6.61 Å². The molecule has 2 nitrogen and oxygen atoms in total. The van der Waals surface area contributed by atoms with E-state index in [1.54, 1.807) is 12.1 Å². The van der Waals surface area contributed by atoms with Gasteiger partial charge in [0.15, 0.2) is 0 Å².